The second kappa shape index (κ2) is 11.0. The summed E-state index contributed by atoms with van der Waals surface area (Å²) < 4.78 is 11.6. The van der Waals surface area contributed by atoms with Gasteiger partial charge in [-0.2, -0.15) is 0 Å². The van der Waals surface area contributed by atoms with Gasteiger partial charge >= 0.3 is 0 Å². The number of piperazine rings is 1. The lowest BCUT2D eigenvalue weighted by atomic mass is 10.1. The summed E-state index contributed by atoms with van der Waals surface area (Å²) in [5.41, 5.74) is 1.35. The molecule has 2 aliphatic heterocycles. The molecule has 0 atom stereocenters. The predicted molar refractivity (Wildman–Crippen MR) is 139 cm³/mol. The van der Waals surface area contributed by atoms with Crippen molar-refractivity contribution in [1.82, 2.24) is 14.8 Å². The molecule has 2 saturated heterocycles. The molecule has 3 heterocycles. The highest BCUT2D eigenvalue weighted by molar-refractivity contribution is 6.10. The predicted octanol–water partition coefficient (Wildman–Crippen LogP) is 2.95. The summed E-state index contributed by atoms with van der Waals surface area (Å²) in [5, 5.41) is 5.04. The number of benzene rings is 2. The molecular formula is C27H33N5O3. The third-order valence-electron chi connectivity index (χ3n) is 6.74. The van der Waals surface area contributed by atoms with E-state index in [9.17, 15) is 4.79 Å². The van der Waals surface area contributed by atoms with Crippen LogP contribution in [0, 0.1) is 0 Å². The zero-order valence-corrected chi connectivity index (χ0v) is 20.3. The van der Waals surface area contributed by atoms with Crippen molar-refractivity contribution in [1.29, 1.82) is 0 Å². The standard InChI is InChI=1S/C27H33N5O3/c1-30-10-12-31(13-11-30)14-19-35-25-7-6-24(22-4-2-3-5-23(22)25)29-27(33)21-8-9-28-26(20-21)32-15-17-34-18-16-32/h2-9,20H,10-19H2,1H3,(H,29,33). The number of nitrogens with zero attached hydrogens (tertiary/aromatic N) is 4. The van der Waals surface area contributed by atoms with Crippen LogP contribution in [0.4, 0.5) is 11.5 Å². The van der Waals surface area contributed by atoms with Gasteiger partial charge in [-0.1, -0.05) is 24.3 Å². The van der Waals surface area contributed by atoms with Crippen molar-refractivity contribution in [2.45, 2.75) is 0 Å². The van der Waals surface area contributed by atoms with E-state index < -0.39 is 0 Å². The maximum absolute atomic E-state index is 13.1. The van der Waals surface area contributed by atoms with Crippen LogP contribution >= 0.6 is 0 Å². The fourth-order valence-electron chi connectivity index (χ4n) is 4.58. The highest BCUT2D eigenvalue weighted by Crippen LogP contribution is 2.32. The Bertz CT molecular complexity index is 1160. The van der Waals surface area contributed by atoms with Gasteiger partial charge in [0.05, 0.1) is 13.2 Å². The smallest absolute Gasteiger partial charge is 0.255 e. The summed E-state index contributed by atoms with van der Waals surface area (Å²) in [4.78, 5) is 24.5. The molecule has 0 unspecified atom stereocenters. The van der Waals surface area contributed by atoms with Crippen molar-refractivity contribution in [3.63, 3.8) is 0 Å². The van der Waals surface area contributed by atoms with Crippen LogP contribution in [0.15, 0.2) is 54.7 Å². The van der Waals surface area contributed by atoms with Crippen molar-refractivity contribution in [3.8, 4) is 5.75 Å². The summed E-state index contributed by atoms with van der Waals surface area (Å²) in [5.74, 6) is 1.48. The number of hydrogen-bond donors (Lipinski definition) is 1. The van der Waals surface area contributed by atoms with E-state index in [2.05, 4.69) is 32.0 Å². The highest BCUT2D eigenvalue weighted by atomic mass is 16.5. The van der Waals surface area contributed by atoms with Gasteiger partial charge in [-0.3, -0.25) is 9.69 Å². The number of ether oxygens (including phenoxy) is 2. The second-order valence-electron chi connectivity index (χ2n) is 9.11. The molecule has 2 fully saturated rings. The summed E-state index contributed by atoms with van der Waals surface area (Å²) in [6.45, 7) is 8.81. The number of fused-ring (bicyclic) bond motifs is 1. The maximum Gasteiger partial charge on any atom is 0.255 e. The van der Waals surface area contributed by atoms with Crippen molar-refractivity contribution >= 4 is 28.2 Å². The number of carbonyl (C=O) groups is 1. The molecular weight excluding hydrogens is 442 g/mol. The molecule has 1 N–H and O–H groups in total. The van der Waals surface area contributed by atoms with Crippen LogP contribution in [-0.2, 0) is 4.74 Å². The Morgan fingerprint density at radius 3 is 2.57 bits per heavy atom. The Balaban J connectivity index is 1.27. The molecule has 1 amide bonds. The first-order valence-corrected chi connectivity index (χ1v) is 12.3. The van der Waals surface area contributed by atoms with Crippen LogP contribution in [-0.4, -0.2) is 93.4 Å². The van der Waals surface area contributed by atoms with E-state index in [1.165, 1.54) is 0 Å². The lowest BCUT2D eigenvalue weighted by Gasteiger charge is -2.32. The number of hydrogen-bond acceptors (Lipinski definition) is 7. The molecule has 184 valence electrons. The van der Waals surface area contributed by atoms with Crippen molar-refractivity contribution in [2.75, 3.05) is 82.9 Å². The second-order valence-corrected chi connectivity index (χ2v) is 9.11. The molecule has 8 heteroatoms. The lowest BCUT2D eigenvalue weighted by molar-refractivity contribution is 0.102. The van der Waals surface area contributed by atoms with E-state index >= 15 is 0 Å². The first-order valence-electron chi connectivity index (χ1n) is 12.3. The fraction of sp³-hybridized carbons (Fsp3) is 0.407. The van der Waals surface area contributed by atoms with Crippen molar-refractivity contribution in [2.24, 2.45) is 0 Å². The molecule has 2 aromatic carbocycles. The molecule has 1 aromatic heterocycles. The molecule has 2 aliphatic rings. The molecule has 0 saturated carbocycles. The number of morpholine rings is 1. The number of amides is 1. The zero-order valence-electron chi connectivity index (χ0n) is 20.3. The maximum atomic E-state index is 13.1. The summed E-state index contributed by atoms with van der Waals surface area (Å²) >= 11 is 0. The average Bonchev–Trinajstić information content (AvgIpc) is 2.91. The number of carbonyl (C=O) groups excluding carboxylic acids is 1. The Morgan fingerprint density at radius 1 is 1.00 bits per heavy atom. The monoisotopic (exact) mass is 475 g/mol. The van der Waals surface area contributed by atoms with Crippen LogP contribution in [0.2, 0.25) is 0 Å². The quantitative estimate of drug-likeness (QED) is 0.563. The fourth-order valence-corrected chi connectivity index (χ4v) is 4.58. The number of likely N-dealkylation sites (N-methyl/N-ethyl adjacent to an activating group) is 1. The van der Waals surface area contributed by atoms with Crippen LogP contribution in [0.3, 0.4) is 0 Å². The Kier molecular flexibility index (Phi) is 7.42. The van der Waals surface area contributed by atoms with Gasteiger partial charge in [-0.25, -0.2) is 4.98 Å². The SMILES string of the molecule is CN1CCN(CCOc2ccc(NC(=O)c3ccnc(N4CCOCC4)c3)c3ccccc23)CC1. The third kappa shape index (κ3) is 5.73. The lowest BCUT2D eigenvalue weighted by Crippen LogP contribution is -2.45. The Morgan fingerprint density at radius 2 is 1.77 bits per heavy atom. The van der Waals surface area contributed by atoms with Crippen LogP contribution in [0.25, 0.3) is 10.8 Å². The average molecular weight is 476 g/mol. The Labute approximate surface area is 206 Å². The normalized spacial score (nSPS) is 17.5. The molecule has 3 aromatic rings. The van der Waals surface area contributed by atoms with E-state index in [1.807, 2.05) is 42.5 Å². The first kappa shape index (κ1) is 23.5. The van der Waals surface area contributed by atoms with Crippen molar-refractivity contribution in [3.05, 3.63) is 60.3 Å². The zero-order chi connectivity index (χ0) is 24.0. The van der Waals surface area contributed by atoms with Gasteiger partial charge in [0.25, 0.3) is 5.91 Å². The third-order valence-corrected chi connectivity index (χ3v) is 6.74. The van der Waals surface area contributed by atoms with Crippen LogP contribution < -0.4 is 15.0 Å². The van der Waals surface area contributed by atoms with Crippen molar-refractivity contribution < 1.29 is 14.3 Å². The number of anilines is 2. The highest BCUT2D eigenvalue weighted by Gasteiger charge is 2.17. The van der Waals surface area contributed by atoms with Gasteiger partial charge in [-0.05, 0) is 31.3 Å². The molecule has 35 heavy (non-hydrogen) atoms. The van der Waals surface area contributed by atoms with Gasteiger partial charge in [0.2, 0.25) is 0 Å². The van der Waals surface area contributed by atoms with Crippen LogP contribution in [0.1, 0.15) is 10.4 Å². The first-order chi connectivity index (χ1) is 17.2. The topological polar surface area (TPSA) is 70.2 Å². The molecule has 0 spiro atoms. The van der Waals surface area contributed by atoms with E-state index in [0.717, 1.165) is 73.8 Å². The minimum atomic E-state index is -0.157. The molecule has 0 radical (unpaired) electrons. The molecule has 8 nitrogen and oxygen atoms in total. The van der Waals surface area contributed by atoms with Gasteiger partial charge < -0.3 is 24.6 Å². The summed E-state index contributed by atoms with van der Waals surface area (Å²) in [6.07, 6.45) is 1.69. The summed E-state index contributed by atoms with van der Waals surface area (Å²) in [6, 6.07) is 15.5. The van der Waals surface area contributed by atoms with Crippen LogP contribution in [0.5, 0.6) is 5.75 Å². The summed E-state index contributed by atoms with van der Waals surface area (Å²) in [7, 11) is 2.16. The van der Waals surface area contributed by atoms with E-state index in [0.29, 0.717) is 25.4 Å². The van der Waals surface area contributed by atoms with E-state index in [-0.39, 0.29) is 5.91 Å². The van der Waals surface area contributed by atoms with E-state index in [1.54, 1.807) is 12.3 Å². The van der Waals surface area contributed by atoms with Gasteiger partial charge in [0, 0.05) is 74.0 Å². The molecule has 0 aliphatic carbocycles. The van der Waals surface area contributed by atoms with Gasteiger partial charge in [0.1, 0.15) is 18.2 Å². The van der Waals surface area contributed by atoms with Gasteiger partial charge in [-0.15, -0.1) is 0 Å². The Hall–Kier alpha value is -3.20. The molecule has 0 bridgehead atoms. The van der Waals surface area contributed by atoms with E-state index in [4.69, 9.17) is 9.47 Å². The molecule has 5 rings (SSSR count). The number of pyridine rings is 1. The minimum Gasteiger partial charge on any atom is -0.492 e. The van der Waals surface area contributed by atoms with Gasteiger partial charge in [0.15, 0.2) is 0 Å². The number of nitrogens with one attached hydrogen (secondary N) is 1. The number of rotatable bonds is 7. The number of aromatic nitrogens is 1. The minimum absolute atomic E-state index is 0.157. The largest absolute Gasteiger partial charge is 0.492 e.